The Morgan fingerprint density at radius 2 is 1.19 bits per heavy atom. The van der Waals surface area contributed by atoms with Crippen molar-refractivity contribution in [2.75, 3.05) is 15.4 Å². The molecule has 372 valence electrons. The molecule has 2 heterocycles. The second-order valence-corrected chi connectivity index (χ2v) is 22.4. The summed E-state index contributed by atoms with van der Waals surface area (Å²) in [5, 5.41) is 35.7. The summed E-state index contributed by atoms with van der Waals surface area (Å²) in [6.45, 7) is 1.53. The van der Waals surface area contributed by atoms with E-state index in [1.807, 2.05) is 36.4 Å². The van der Waals surface area contributed by atoms with Crippen LogP contribution in [-0.2, 0) is 40.4 Å². The third kappa shape index (κ3) is 16.3. The molecule has 2 aromatic heterocycles. The Morgan fingerprint density at radius 3 is 1.76 bits per heavy atom. The molecule has 80 heavy (non-hydrogen) atoms. The molecule has 0 unspecified atom stereocenters. The Hall–Kier alpha value is -4.81. The molecule has 0 bridgehead atoms. The number of anilines is 5. The minimum absolute atomic E-state index is 0. The predicted octanol–water partition coefficient (Wildman–Crippen LogP) is -8.05. The van der Waals surface area contributed by atoms with Crippen LogP contribution in [0.1, 0.15) is 11.1 Å². The maximum atomic E-state index is 13.0. The zero-order valence-electron chi connectivity index (χ0n) is 43.4. The molecular formula is C48H28Li6N10O11S5. The standard InChI is InChI=1S/C48H31N10O11S5.6Li/c1-28-41(27-49)45(50-33-15-19-38(20-16-33)72(61,62)63)53-46(51-34-17-21-39(22-18-34)73(64,65)66)43(28)55-57-48-52-44(32-12-11-29-7-5-6-8-30(29)23-32)47(70-48)56-54-36-24-31-13-14-35(25-40(31)42(26-36)74(67,68)69)58-71(59,60)37-9-3-2-4-10-37;;;;;;/h2,5-12,14-26,58H,1H3,(H2,50,51,53)(H,61,62,63)(H,64,65,66)(H,67,68,69);;;;;;/q-3;6*+1/p-3. The van der Waals surface area contributed by atoms with Crippen LogP contribution in [-0.4, -0.2) is 57.3 Å². The molecule has 32 heteroatoms. The van der Waals surface area contributed by atoms with Crippen LogP contribution in [0.25, 0.3) is 32.8 Å². The van der Waals surface area contributed by atoms with E-state index >= 15 is 0 Å². The Balaban J connectivity index is 0.00000280. The van der Waals surface area contributed by atoms with E-state index in [-0.39, 0.29) is 196 Å². The van der Waals surface area contributed by atoms with Gasteiger partial charge in [0.05, 0.1) is 15.4 Å². The topological polar surface area (TPSA) is 341 Å². The zero-order chi connectivity index (χ0) is 52.6. The molecule has 9 aromatic rings. The van der Waals surface area contributed by atoms with Crippen molar-refractivity contribution in [1.29, 1.82) is 5.26 Å². The van der Waals surface area contributed by atoms with Gasteiger partial charge in [-0.1, -0.05) is 53.1 Å². The van der Waals surface area contributed by atoms with Gasteiger partial charge < -0.3 is 47.2 Å². The summed E-state index contributed by atoms with van der Waals surface area (Å²) in [4.78, 5) is 7.40. The quantitative estimate of drug-likeness (QED) is 0.0372. The molecule has 0 amide bonds. The number of rotatable bonds is 15. The first-order chi connectivity index (χ1) is 35.1. The first kappa shape index (κ1) is 69.5. The summed E-state index contributed by atoms with van der Waals surface area (Å²) in [6.07, 6.45) is 0. The van der Waals surface area contributed by atoms with Crippen LogP contribution in [0.4, 0.5) is 50.2 Å². The molecule has 0 aliphatic rings. The number of nitrogens with one attached hydrogen (secondary N) is 3. The van der Waals surface area contributed by atoms with Gasteiger partial charge in [0.25, 0.3) is 0 Å². The van der Waals surface area contributed by atoms with Gasteiger partial charge in [-0.25, -0.2) is 43.6 Å². The van der Waals surface area contributed by atoms with Gasteiger partial charge in [-0.15, -0.1) is 49.9 Å². The summed E-state index contributed by atoms with van der Waals surface area (Å²) in [7, 11) is -18.9. The third-order valence-electron chi connectivity index (χ3n) is 10.7. The molecule has 0 saturated carbocycles. The van der Waals surface area contributed by atoms with Gasteiger partial charge in [0.1, 0.15) is 47.8 Å². The largest absolute Gasteiger partial charge is 1.00 e. The summed E-state index contributed by atoms with van der Waals surface area (Å²) in [5.74, 6) is -0.103. The van der Waals surface area contributed by atoms with Gasteiger partial charge in [0.15, 0.2) is 26.7 Å². The van der Waals surface area contributed by atoms with E-state index in [9.17, 15) is 52.6 Å². The van der Waals surface area contributed by atoms with Crippen molar-refractivity contribution in [2.45, 2.75) is 26.5 Å². The average molecular weight is 1120 g/mol. The number of nitrogens with zero attached hydrogens (tertiary/aromatic N) is 7. The monoisotopic (exact) mass is 1120 g/mol. The summed E-state index contributed by atoms with van der Waals surface area (Å²) in [6, 6.07) is 41.1. The zero-order valence-corrected chi connectivity index (χ0v) is 47.4. The molecule has 0 radical (unpaired) electrons. The van der Waals surface area contributed by atoms with Crippen molar-refractivity contribution >= 4 is 123 Å². The SMILES string of the molecule is Cc1c(C#N)c(Nc2ccc(S(=O)(=O)[O-])cc2)nc(Nc2ccc(S(=O)(=O)[O-])cc2)c1N=Nc1nc(-c2ccc3ccccc3c2)c(N=Nc2cc(S(=O)(=O)[O-])c3cc(NS(=O)(=O)c4c[c-]c[c-]c4)c[c-]c3c2)s1.[Li+].[Li+].[Li+].[Li+].[Li+].[Li+]. The van der Waals surface area contributed by atoms with Gasteiger partial charge >= 0.3 is 113 Å². The van der Waals surface area contributed by atoms with E-state index in [4.69, 9.17) is 4.98 Å². The number of benzene rings is 7. The summed E-state index contributed by atoms with van der Waals surface area (Å²) in [5.41, 5.74) is 1.22. The maximum absolute atomic E-state index is 13.0. The molecule has 0 atom stereocenters. The predicted molar refractivity (Wildman–Crippen MR) is 268 cm³/mol. The van der Waals surface area contributed by atoms with Crippen molar-refractivity contribution in [3.63, 3.8) is 0 Å². The fourth-order valence-electron chi connectivity index (χ4n) is 7.21. The van der Waals surface area contributed by atoms with Crippen molar-refractivity contribution in [2.24, 2.45) is 20.5 Å². The van der Waals surface area contributed by atoms with Crippen molar-refractivity contribution < 1.29 is 160 Å². The Morgan fingerprint density at radius 1 is 0.600 bits per heavy atom. The van der Waals surface area contributed by atoms with Crippen LogP contribution in [0, 0.1) is 36.5 Å². The molecule has 0 fully saturated rings. The summed E-state index contributed by atoms with van der Waals surface area (Å²) >= 11 is 0.895. The molecule has 0 saturated heterocycles. The molecule has 0 aliphatic heterocycles. The number of thiazole rings is 1. The molecule has 7 aromatic carbocycles. The van der Waals surface area contributed by atoms with Crippen LogP contribution < -0.4 is 129 Å². The molecular weight excluding hydrogens is 1090 g/mol. The minimum Gasteiger partial charge on any atom is -0.745 e. The van der Waals surface area contributed by atoms with Gasteiger partial charge in [-0.3, -0.25) is 12.1 Å². The number of aromatic nitrogens is 2. The van der Waals surface area contributed by atoms with Crippen LogP contribution in [0.5, 0.6) is 0 Å². The number of sulfonamides is 1. The Kier molecular flexibility index (Phi) is 24.7. The van der Waals surface area contributed by atoms with E-state index in [1.54, 1.807) is 6.07 Å². The van der Waals surface area contributed by atoms with Crippen LogP contribution in [0.15, 0.2) is 173 Å². The van der Waals surface area contributed by atoms with E-state index in [0.29, 0.717) is 5.56 Å². The van der Waals surface area contributed by atoms with E-state index in [2.05, 4.69) is 65.1 Å². The number of fused-ring (bicyclic) bond motifs is 2. The number of azo groups is 2. The Labute approximate surface area is 535 Å². The molecule has 9 rings (SSSR count). The average Bonchev–Trinajstić information content (AvgIpc) is 3.78. The van der Waals surface area contributed by atoms with Gasteiger partial charge in [-0.05, 0) is 84.0 Å². The first-order valence-corrected chi connectivity index (χ1v) is 27.4. The molecule has 21 nitrogen and oxygen atoms in total. The maximum Gasteiger partial charge on any atom is 1.00 e. The number of hydrogen-bond donors (Lipinski definition) is 3. The molecule has 3 N–H and O–H groups in total. The number of nitriles is 1. The van der Waals surface area contributed by atoms with E-state index in [0.717, 1.165) is 52.4 Å². The molecule has 0 spiro atoms. The third-order valence-corrected chi connectivity index (χ3v) is 15.5. The summed E-state index contributed by atoms with van der Waals surface area (Å²) < 4.78 is 136. The minimum atomic E-state index is -5.21. The van der Waals surface area contributed by atoms with E-state index in [1.165, 1.54) is 67.6 Å². The van der Waals surface area contributed by atoms with Crippen LogP contribution in [0.3, 0.4) is 0 Å². The Bertz CT molecular complexity index is 4320. The smallest absolute Gasteiger partial charge is 0.745 e. The first-order valence-electron chi connectivity index (χ1n) is 20.9. The number of pyridine rings is 1. The van der Waals surface area contributed by atoms with Gasteiger partial charge in [0.2, 0.25) is 5.13 Å². The van der Waals surface area contributed by atoms with E-state index < -0.39 is 55.1 Å². The second-order valence-electron chi connectivity index (χ2n) is 15.6. The van der Waals surface area contributed by atoms with Crippen molar-refractivity contribution in [3.8, 4) is 17.3 Å². The van der Waals surface area contributed by atoms with Crippen molar-refractivity contribution in [1.82, 2.24) is 9.97 Å². The van der Waals surface area contributed by atoms with Crippen LogP contribution in [0.2, 0.25) is 0 Å². The molecule has 0 aliphatic carbocycles. The van der Waals surface area contributed by atoms with Crippen molar-refractivity contribution in [3.05, 3.63) is 163 Å². The second kappa shape index (κ2) is 28.5. The van der Waals surface area contributed by atoms with Gasteiger partial charge in [-0.2, -0.15) is 10.4 Å². The van der Waals surface area contributed by atoms with Gasteiger partial charge in [0, 0.05) is 33.1 Å². The normalized spacial score (nSPS) is 11.4. The fourth-order valence-corrected chi connectivity index (χ4v) is 10.6. The fraction of sp³-hybridized carbons (Fsp3) is 0.0208. The van der Waals surface area contributed by atoms with Crippen LogP contribution >= 0.6 is 11.3 Å². The number of hydrogen-bond acceptors (Lipinski definition) is 21.